The highest BCUT2D eigenvalue weighted by Crippen LogP contribution is 2.15. The van der Waals surface area contributed by atoms with Crippen molar-refractivity contribution >= 4 is 18.3 Å². The van der Waals surface area contributed by atoms with Gasteiger partial charge in [0.15, 0.2) is 0 Å². The highest BCUT2D eigenvalue weighted by Gasteiger charge is 2.28. The molecule has 5 nitrogen and oxygen atoms in total. The van der Waals surface area contributed by atoms with Gasteiger partial charge in [0.2, 0.25) is 0 Å². The van der Waals surface area contributed by atoms with Crippen molar-refractivity contribution in [1.82, 2.24) is 19.7 Å². The summed E-state index contributed by atoms with van der Waals surface area (Å²) < 4.78 is 1.98. The van der Waals surface area contributed by atoms with Gasteiger partial charge in [0.1, 0.15) is 5.69 Å². The van der Waals surface area contributed by atoms with E-state index in [1.54, 1.807) is 0 Å². The number of nitrogens with zero attached hydrogens (tertiary/aromatic N) is 3. The Labute approximate surface area is 132 Å². The number of carbonyl (C=O) groups excluding carboxylic acids is 1. The van der Waals surface area contributed by atoms with Gasteiger partial charge in [0.05, 0.1) is 0 Å². The largest absolute Gasteiger partial charge is 0.344 e. The lowest BCUT2D eigenvalue weighted by molar-refractivity contribution is 0.0575. The van der Waals surface area contributed by atoms with Crippen LogP contribution in [0.15, 0.2) is 12.1 Å². The minimum Gasteiger partial charge on any atom is -0.344 e. The monoisotopic (exact) mass is 312 g/mol. The van der Waals surface area contributed by atoms with E-state index in [2.05, 4.69) is 10.2 Å². The number of piperazine rings is 1. The molecule has 2 aliphatic heterocycles. The topological polar surface area (TPSA) is 40.5 Å². The van der Waals surface area contributed by atoms with Gasteiger partial charge in [-0.15, -0.1) is 12.4 Å². The molecule has 2 saturated heterocycles. The van der Waals surface area contributed by atoms with E-state index < -0.39 is 0 Å². The first kappa shape index (κ1) is 16.3. The van der Waals surface area contributed by atoms with Crippen molar-refractivity contribution in [3.8, 4) is 0 Å². The van der Waals surface area contributed by atoms with E-state index in [0.717, 1.165) is 50.7 Å². The van der Waals surface area contributed by atoms with Gasteiger partial charge < -0.3 is 14.8 Å². The standard InChI is InChI=1S/C15H24N4O.ClH/c1-12-3-4-14(17(12)2)15(20)19-9-7-18(8-10-19)13-5-6-16-11-13;/h3-4,13,16H,5-11H2,1-2H3;1H. The molecule has 2 fully saturated rings. The number of amides is 1. The first-order chi connectivity index (χ1) is 9.66. The van der Waals surface area contributed by atoms with Crippen molar-refractivity contribution in [2.24, 2.45) is 7.05 Å². The minimum atomic E-state index is 0. The highest BCUT2D eigenvalue weighted by atomic mass is 35.5. The van der Waals surface area contributed by atoms with E-state index in [4.69, 9.17) is 0 Å². The second kappa shape index (κ2) is 6.81. The number of halogens is 1. The van der Waals surface area contributed by atoms with Crippen molar-refractivity contribution in [3.05, 3.63) is 23.5 Å². The lowest BCUT2D eigenvalue weighted by atomic mass is 10.2. The molecule has 0 spiro atoms. The molecule has 1 aromatic rings. The fraction of sp³-hybridized carbons (Fsp3) is 0.667. The SMILES string of the molecule is Cc1ccc(C(=O)N2CCN(C3CCNC3)CC2)n1C.Cl. The van der Waals surface area contributed by atoms with Crippen molar-refractivity contribution in [1.29, 1.82) is 0 Å². The Morgan fingerprint density at radius 2 is 1.95 bits per heavy atom. The average molecular weight is 313 g/mol. The van der Waals surface area contributed by atoms with Gasteiger partial charge in [-0.25, -0.2) is 0 Å². The molecule has 0 saturated carbocycles. The molecule has 21 heavy (non-hydrogen) atoms. The van der Waals surface area contributed by atoms with Crippen LogP contribution in [0.3, 0.4) is 0 Å². The third kappa shape index (κ3) is 3.25. The number of rotatable bonds is 2. The van der Waals surface area contributed by atoms with Crippen molar-refractivity contribution in [2.45, 2.75) is 19.4 Å². The van der Waals surface area contributed by atoms with Gasteiger partial charge in [-0.05, 0) is 32.0 Å². The summed E-state index contributed by atoms with van der Waals surface area (Å²) in [5.41, 5.74) is 1.93. The predicted molar refractivity (Wildman–Crippen MR) is 86.1 cm³/mol. The second-order valence-electron chi connectivity index (χ2n) is 5.89. The summed E-state index contributed by atoms with van der Waals surface area (Å²) in [6.45, 7) is 7.96. The normalized spacial score (nSPS) is 23.1. The molecule has 3 heterocycles. The lowest BCUT2D eigenvalue weighted by Crippen LogP contribution is -2.52. The van der Waals surface area contributed by atoms with Crippen LogP contribution in [0.2, 0.25) is 0 Å². The fourth-order valence-corrected chi connectivity index (χ4v) is 3.23. The fourth-order valence-electron chi connectivity index (χ4n) is 3.23. The number of nitrogens with one attached hydrogen (secondary N) is 1. The number of aromatic nitrogens is 1. The van der Waals surface area contributed by atoms with Gasteiger partial charge in [-0.1, -0.05) is 0 Å². The Balaban J connectivity index is 0.00000161. The van der Waals surface area contributed by atoms with Crippen LogP contribution in [0.5, 0.6) is 0 Å². The average Bonchev–Trinajstić information content (AvgIpc) is 3.10. The van der Waals surface area contributed by atoms with Crippen LogP contribution in [0.25, 0.3) is 0 Å². The molecule has 1 N–H and O–H groups in total. The van der Waals surface area contributed by atoms with Crippen LogP contribution in [0, 0.1) is 6.92 Å². The molecule has 1 amide bonds. The smallest absolute Gasteiger partial charge is 0.270 e. The zero-order chi connectivity index (χ0) is 14.1. The van der Waals surface area contributed by atoms with Crippen LogP contribution in [0.4, 0.5) is 0 Å². The van der Waals surface area contributed by atoms with Crippen LogP contribution in [-0.4, -0.2) is 65.6 Å². The summed E-state index contributed by atoms with van der Waals surface area (Å²) in [5.74, 6) is 0.171. The van der Waals surface area contributed by atoms with Gasteiger partial charge in [0, 0.05) is 51.5 Å². The number of aryl methyl sites for hydroxylation is 1. The molecule has 3 rings (SSSR count). The van der Waals surface area contributed by atoms with E-state index in [1.807, 2.05) is 35.6 Å². The second-order valence-corrected chi connectivity index (χ2v) is 5.89. The molecular formula is C15H25ClN4O. The molecule has 118 valence electrons. The number of hydrogen-bond acceptors (Lipinski definition) is 3. The van der Waals surface area contributed by atoms with Crippen molar-refractivity contribution in [3.63, 3.8) is 0 Å². The maximum Gasteiger partial charge on any atom is 0.270 e. The van der Waals surface area contributed by atoms with Crippen LogP contribution in [-0.2, 0) is 7.05 Å². The van der Waals surface area contributed by atoms with E-state index in [9.17, 15) is 4.79 Å². The molecule has 1 aromatic heterocycles. The van der Waals surface area contributed by atoms with E-state index in [1.165, 1.54) is 6.42 Å². The summed E-state index contributed by atoms with van der Waals surface area (Å²) in [7, 11) is 1.96. The first-order valence-electron chi connectivity index (χ1n) is 7.53. The molecular weight excluding hydrogens is 288 g/mol. The summed E-state index contributed by atoms with van der Waals surface area (Å²) in [6, 6.07) is 4.61. The number of hydrogen-bond donors (Lipinski definition) is 1. The minimum absolute atomic E-state index is 0. The first-order valence-corrected chi connectivity index (χ1v) is 7.53. The summed E-state index contributed by atoms with van der Waals surface area (Å²) in [4.78, 5) is 17.1. The van der Waals surface area contributed by atoms with Crippen LogP contribution in [0.1, 0.15) is 22.6 Å². The molecule has 0 aliphatic carbocycles. The maximum atomic E-state index is 12.5. The third-order valence-corrected chi connectivity index (χ3v) is 4.74. The third-order valence-electron chi connectivity index (χ3n) is 4.74. The molecule has 1 atom stereocenters. The highest BCUT2D eigenvalue weighted by molar-refractivity contribution is 5.93. The summed E-state index contributed by atoms with van der Waals surface area (Å²) in [6.07, 6.45) is 1.24. The van der Waals surface area contributed by atoms with Crippen molar-refractivity contribution < 1.29 is 4.79 Å². The summed E-state index contributed by atoms with van der Waals surface area (Å²) in [5, 5.41) is 3.41. The maximum absolute atomic E-state index is 12.5. The molecule has 6 heteroatoms. The van der Waals surface area contributed by atoms with E-state index in [0.29, 0.717) is 6.04 Å². The number of carbonyl (C=O) groups is 1. The van der Waals surface area contributed by atoms with Gasteiger partial charge in [-0.3, -0.25) is 9.69 Å². The quantitative estimate of drug-likeness (QED) is 0.881. The summed E-state index contributed by atoms with van der Waals surface area (Å²) >= 11 is 0. The zero-order valence-electron chi connectivity index (χ0n) is 12.8. The molecule has 2 aliphatic rings. The molecule has 1 unspecified atom stereocenters. The zero-order valence-corrected chi connectivity index (χ0v) is 13.7. The molecule has 0 aromatic carbocycles. The lowest BCUT2D eigenvalue weighted by Gasteiger charge is -2.37. The Kier molecular flexibility index (Phi) is 5.30. The van der Waals surface area contributed by atoms with Crippen LogP contribution < -0.4 is 5.32 Å². The van der Waals surface area contributed by atoms with E-state index >= 15 is 0 Å². The van der Waals surface area contributed by atoms with Gasteiger partial charge in [-0.2, -0.15) is 0 Å². The Morgan fingerprint density at radius 3 is 2.48 bits per heavy atom. The Hall–Kier alpha value is -1.04. The molecule has 0 bridgehead atoms. The predicted octanol–water partition coefficient (Wildman–Crippen LogP) is 0.875. The van der Waals surface area contributed by atoms with Crippen LogP contribution >= 0.6 is 12.4 Å². The molecule has 0 radical (unpaired) electrons. The Bertz CT molecular complexity index is 488. The Morgan fingerprint density at radius 1 is 1.24 bits per heavy atom. The van der Waals surface area contributed by atoms with Gasteiger partial charge in [0.25, 0.3) is 5.91 Å². The van der Waals surface area contributed by atoms with Crippen molar-refractivity contribution in [2.75, 3.05) is 39.3 Å². The van der Waals surface area contributed by atoms with Gasteiger partial charge >= 0.3 is 0 Å². The van der Waals surface area contributed by atoms with E-state index in [-0.39, 0.29) is 18.3 Å².